The number of benzene rings is 2. The van der Waals surface area contributed by atoms with Gasteiger partial charge in [0.05, 0.1) is 5.69 Å². The number of nitrogens with one attached hydrogen (secondary N) is 1. The number of hydrogen-bond acceptors (Lipinski definition) is 2. The van der Waals surface area contributed by atoms with Crippen LogP contribution in [0.2, 0.25) is 0 Å². The van der Waals surface area contributed by atoms with E-state index < -0.39 is 0 Å². The molecule has 0 aliphatic heterocycles. The molecule has 19 heavy (non-hydrogen) atoms. The molecule has 0 heterocycles. The molecular weight excluding hydrogens is 239 g/mol. The topological polar surface area (TPSA) is 38.0 Å². The van der Waals surface area contributed by atoms with Crippen molar-refractivity contribution in [2.75, 3.05) is 18.4 Å². The Labute approximate surface area is 113 Å². The van der Waals surface area contributed by atoms with Gasteiger partial charge >= 0.3 is 0 Å². The third-order valence-electron chi connectivity index (χ3n) is 3.04. The van der Waals surface area contributed by atoms with Gasteiger partial charge in [0.25, 0.3) is 0 Å². The molecule has 0 spiro atoms. The van der Waals surface area contributed by atoms with E-state index in [9.17, 15) is 4.39 Å². The van der Waals surface area contributed by atoms with Gasteiger partial charge in [-0.05, 0) is 42.6 Å². The van der Waals surface area contributed by atoms with Gasteiger partial charge in [0.2, 0.25) is 0 Å². The van der Waals surface area contributed by atoms with E-state index in [0.29, 0.717) is 18.7 Å². The van der Waals surface area contributed by atoms with Crippen molar-refractivity contribution in [1.29, 1.82) is 0 Å². The Morgan fingerprint density at radius 1 is 0.947 bits per heavy atom. The van der Waals surface area contributed by atoms with Crippen molar-refractivity contribution < 1.29 is 4.39 Å². The van der Waals surface area contributed by atoms with Crippen LogP contribution in [-0.2, 0) is 12.8 Å². The Morgan fingerprint density at radius 3 is 2.42 bits per heavy atom. The predicted molar refractivity (Wildman–Crippen MR) is 77.8 cm³/mol. The summed E-state index contributed by atoms with van der Waals surface area (Å²) in [6.07, 6.45) is 1.59. The van der Waals surface area contributed by atoms with Crippen LogP contribution in [0.5, 0.6) is 0 Å². The lowest BCUT2D eigenvalue weighted by Gasteiger charge is -2.09. The minimum Gasteiger partial charge on any atom is -0.382 e. The quantitative estimate of drug-likeness (QED) is 0.836. The summed E-state index contributed by atoms with van der Waals surface area (Å²) in [4.78, 5) is 0. The summed E-state index contributed by atoms with van der Waals surface area (Å²) in [5, 5.41) is 3.12. The van der Waals surface area contributed by atoms with Gasteiger partial charge < -0.3 is 11.1 Å². The van der Waals surface area contributed by atoms with Crippen molar-refractivity contribution in [2.24, 2.45) is 5.73 Å². The summed E-state index contributed by atoms with van der Waals surface area (Å²) in [6.45, 7) is 1.26. The molecule has 2 rings (SSSR count). The van der Waals surface area contributed by atoms with E-state index in [0.717, 1.165) is 18.5 Å². The summed E-state index contributed by atoms with van der Waals surface area (Å²) in [5.74, 6) is -0.209. The van der Waals surface area contributed by atoms with Crippen LogP contribution >= 0.6 is 0 Å². The second-order valence-electron chi connectivity index (χ2n) is 4.52. The predicted octanol–water partition coefficient (Wildman–Crippen LogP) is 2.98. The monoisotopic (exact) mass is 258 g/mol. The fraction of sp³-hybridized carbons (Fsp3) is 0.250. The molecule has 0 saturated heterocycles. The van der Waals surface area contributed by atoms with E-state index >= 15 is 0 Å². The van der Waals surface area contributed by atoms with Crippen LogP contribution in [0.1, 0.15) is 11.1 Å². The molecule has 0 bridgehead atoms. The molecule has 0 aromatic heterocycles. The van der Waals surface area contributed by atoms with E-state index in [-0.39, 0.29) is 5.82 Å². The Morgan fingerprint density at radius 2 is 1.74 bits per heavy atom. The molecule has 0 amide bonds. The molecule has 0 aliphatic carbocycles. The first-order chi connectivity index (χ1) is 9.29. The third-order valence-corrected chi connectivity index (χ3v) is 3.04. The first kappa shape index (κ1) is 13.6. The standard InChI is InChI=1S/C16H19FN2/c17-15-12-14(8-10-18)6-7-16(15)19-11-9-13-4-2-1-3-5-13/h1-7,12,19H,8-11,18H2. The van der Waals surface area contributed by atoms with Crippen LogP contribution in [0.3, 0.4) is 0 Å². The van der Waals surface area contributed by atoms with Crippen molar-refractivity contribution >= 4 is 5.69 Å². The van der Waals surface area contributed by atoms with Crippen LogP contribution in [0.4, 0.5) is 10.1 Å². The maximum Gasteiger partial charge on any atom is 0.146 e. The molecule has 0 radical (unpaired) electrons. The first-order valence-corrected chi connectivity index (χ1v) is 6.56. The van der Waals surface area contributed by atoms with E-state index in [1.165, 1.54) is 5.56 Å². The van der Waals surface area contributed by atoms with E-state index in [1.54, 1.807) is 12.1 Å². The summed E-state index contributed by atoms with van der Waals surface area (Å²) in [7, 11) is 0. The van der Waals surface area contributed by atoms with E-state index in [1.807, 2.05) is 24.3 Å². The average Bonchev–Trinajstić information content (AvgIpc) is 2.43. The lowest BCUT2D eigenvalue weighted by molar-refractivity contribution is 0.627. The number of rotatable bonds is 6. The SMILES string of the molecule is NCCc1ccc(NCCc2ccccc2)c(F)c1. The van der Waals surface area contributed by atoms with Gasteiger partial charge in [-0.25, -0.2) is 4.39 Å². The Kier molecular flexibility index (Phi) is 4.93. The molecule has 0 atom stereocenters. The molecule has 0 saturated carbocycles. The van der Waals surface area contributed by atoms with Crippen molar-refractivity contribution in [3.05, 3.63) is 65.5 Å². The van der Waals surface area contributed by atoms with Crippen molar-refractivity contribution in [3.63, 3.8) is 0 Å². The highest BCUT2D eigenvalue weighted by atomic mass is 19.1. The lowest BCUT2D eigenvalue weighted by Crippen LogP contribution is -2.07. The van der Waals surface area contributed by atoms with Gasteiger partial charge in [0.15, 0.2) is 0 Å². The van der Waals surface area contributed by atoms with E-state index in [2.05, 4.69) is 17.4 Å². The largest absolute Gasteiger partial charge is 0.382 e. The normalized spacial score (nSPS) is 10.4. The minimum atomic E-state index is -0.209. The van der Waals surface area contributed by atoms with Crippen LogP contribution in [0.25, 0.3) is 0 Å². The highest BCUT2D eigenvalue weighted by molar-refractivity contribution is 5.46. The highest BCUT2D eigenvalue weighted by Crippen LogP contribution is 2.16. The number of hydrogen-bond donors (Lipinski definition) is 2. The Hall–Kier alpha value is -1.87. The zero-order valence-corrected chi connectivity index (χ0v) is 10.9. The number of halogens is 1. The number of nitrogens with two attached hydrogens (primary N) is 1. The Balaban J connectivity index is 1.89. The maximum atomic E-state index is 13.8. The van der Waals surface area contributed by atoms with Crippen LogP contribution in [-0.4, -0.2) is 13.1 Å². The number of anilines is 1. The van der Waals surface area contributed by atoms with Gasteiger partial charge in [-0.15, -0.1) is 0 Å². The summed E-state index contributed by atoms with van der Waals surface area (Å²) in [6, 6.07) is 15.4. The van der Waals surface area contributed by atoms with Crippen molar-refractivity contribution in [1.82, 2.24) is 0 Å². The molecule has 2 nitrogen and oxygen atoms in total. The van der Waals surface area contributed by atoms with Crippen molar-refractivity contribution in [3.8, 4) is 0 Å². The van der Waals surface area contributed by atoms with Gasteiger partial charge in [-0.1, -0.05) is 36.4 Å². The molecular formula is C16H19FN2. The molecule has 3 heteroatoms. The molecule has 3 N–H and O–H groups in total. The fourth-order valence-corrected chi connectivity index (χ4v) is 2.01. The van der Waals surface area contributed by atoms with Gasteiger partial charge in [0, 0.05) is 6.54 Å². The molecule has 2 aromatic rings. The molecule has 2 aromatic carbocycles. The molecule has 0 fully saturated rings. The van der Waals surface area contributed by atoms with Crippen LogP contribution in [0, 0.1) is 5.82 Å². The fourth-order valence-electron chi connectivity index (χ4n) is 2.01. The third kappa shape index (κ3) is 4.07. The highest BCUT2D eigenvalue weighted by Gasteiger charge is 2.02. The van der Waals surface area contributed by atoms with Gasteiger partial charge in [0.1, 0.15) is 5.82 Å². The minimum absolute atomic E-state index is 0.209. The molecule has 0 unspecified atom stereocenters. The lowest BCUT2D eigenvalue weighted by atomic mass is 10.1. The first-order valence-electron chi connectivity index (χ1n) is 6.56. The van der Waals surface area contributed by atoms with Crippen LogP contribution in [0.15, 0.2) is 48.5 Å². The summed E-state index contributed by atoms with van der Waals surface area (Å²) in [5.41, 5.74) is 8.19. The zero-order valence-electron chi connectivity index (χ0n) is 10.9. The second-order valence-corrected chi connectivity index (χ2v) is 4.52. The second kappa shape index (κ2) is 6.90. The molecule has 0 aliphatic rings. The maximum absolute atomic E-state index is 13.8. The van der Waals surface area contributed by atoms with Crippen molar-refractivity contribution in [2.45, 2.75) is 12.8 Å². The van der Waals surface area contributed by atoms with Crippen LogP contribution < -0.4 is 11.1 Å². The zero-order chi connectivity index (χ0) is 13.5. The van der Waals surface area contributed by atoms with Gasteiger partial charge in [-0.2, -0.15) is 0 Å². The average molecular weight is 258 g/mol. The molecule has 100 valence electrons. The van der Waals surface area contributed by atoms with E-state index in [4.69, 9.17) is 5.73 Å². The summed E-state index contributed by atoms with van der Waals surface area (Å²) >= 11 is 0. The van der Waals surface area contributed by atoms with Gasteiger partial charge in [-0.3, -0.25) is 0 Å². The Bertz CT molecular complexity index is 511. The smallest absolute Gasteiger partial charge is 0.146 e. The summed E-state index contributed by atoms with van der Waals surface area (Å²) < 4.78 is 13.8.